The first-order valence-corrected chi connectivity index (χ1v) is 16.4. The van der Waals surface area contributed by atoms with Gasteiger partial charge in [-0.05, 0) is 87.3 Å². The van der Waals surface area contributed by atoms with Crippen LogP contribution in [0.3, 0.4) is 0 Å². The quantitative estimate of drug-likeness (QED) is 0.115. The SMILES string of the molecule is CCc1cc(Br)cc2c(C(=O)OC(C)C(=O)c3ccc(C)cc3)cc(-c3ccc(N4C(=O)C5C6CCC(C6)C5C4=O)cc3)nc12. The number of pyridine rings is 1. The summed E-state index contributed by atoms with van der Waals surface area (Å²) in [4.78, 5) is 59.8. The van der Waals surface area contributed by atoms with Gasteiger partial charge in [0.15, 0.2) is 6.10 Å². The van der Waals surface area contributed by atoms with E-state index in [1.165, 1.54) is 4.90 Å². The molecule has 2 heterocycles. The van der Waals surface area contributed by atoms with E-state index in [-0.39, 0.29) is 29.4 Å². The lowest BCUT2D eigenvalue weighted by molar-refractivity contribution is -0.123. The molecule has 5 unspecified atom stereocenters. The molecule has 0 N–H and O–H groups in total. The number of anilines is 1. The van der Waals surface area contributed by atoms with Crippen molar-refractivity contribution in [3.63, 3.8) is 0 Å². The molecule has 2 aliphatic carbocycles. The first-order chi connectivity index (χ1) is 21.6. The number of ketones is 1. The maximum Gasteiger partial charge on any atom is 0.339 e. The Labute approximate surface area is 270 Å². The smallest absolute Gasteiger partial charge is 0.339 e. The third-order valence-electron chi connectivity index (χ3n) is 9.90. The largest absolute Gasteiger partial charge is 0.451 e. The van der Waals surface area contributed by atoms with E-state index in [1.54, 1.807) is 37.3 Å². The number of amides is 2. The molecule has 1 aliphatic heterocycles. The van der Waals surface area contributed by atoms with E-state index in [0.29, 0.717) is 51.7 Å². The summed E-state index contributed by atoms with van der Waals surface area (Å²) in [6, 6.07) is 19.9. The fourth-order valence-corrected chi connectivity index (χ4v) is 8.13. The fourth-order valence-electron chi connectivity index (χ4n) is 7.62. The minimum absolute atomic E-state index is 0.0775. The van der Waals surface area contributed by atoms with Crippen LogP contribution < -0.4 is 4.90 Å². The summed E-state index contributed by atoms with van der Waals surface area (Å²) >= 11 is 3.57. The average molecular weight is 666 g/mol. The van der Waals surface area contributed by atoms with Crippen molar-refractivity contribution < 1.29 is 23.9 Å². The molecule has 2 bridgehead atoms. The van der Waals surface area contributed by atoms with E-state index in [0.717, 1.165) is 40.4 Å². The number of Topliss-reactive ketones (excluding diaryl/α,β-unsaturated/α-hetero) is 1. The van der Waals surface area contributed by atoms with Crippen LogP contribution in [0, 0.1) is 30.6 Å². The molecular weight excluding hydrogens is 632 g/mol. The first kappa shape index (κ1) is 29.5. The molecular formula is C37H33BrN2O5. The van der Waals surface area contributed by atoms with Gasteiger partial charge in [-0.15, -0.1) is 0 Å². The molecule has 8 heteroatoms. The molecule has 1 aromatic heterocycles. The van der Waals surface area contributed by atoms with Crippen LogP contribution in [0.25, 0.3) is 22.2 Å². The molecule has 3 fully saturated rings. The molecule has 3 aliphatic rings. The Balaban J connectivity index is 1.22. The van der Waals surface area contributed by atoms with Gasteiger partial charge in [0, 0.05) is 21.0 Å². The van der Waals surface area contributed by atoms with Crippen molar-refractivity contribution in [3.05, 3.63) is 93.5 Å². The zero-order valence-electron chi connectivity index (χ0n) is 25.4. The maximum absolute atomic E-state index is 13.7. The van der Waals surface area contributed by atoms with Crippen molar-refractivity contribution in [1.82, 2.24) is 4.98 Å². The molecule has 3 aromatic carbocycles. The van der Waals surface area contributed by atoms with E-state index in [4.69, 9.17) is 9.72 Å². The number of aromatic nitrogens is 1. The van der Waals surface area contributed by atoms with Crippen LogP contribution in [0.1, 0.15) is 65.0 Å². The number of halogens is 1. The fraction of sp³-hybridized carbons (Fsp3) is 0.324. The Bertz CT molecular complexity index is 1860. The summed E-state index contributed by atoms with van der Waals surface area (Å²) in [5.41, 5.74) is 5.25. The number of ether oxygens (including phenoxy) is 1. The van der Waals surface area contributed by atoms with Gasteiger partial charge in [-0.25, -0.2) is 9.78 Å². The van der Waals surface area contributed by atoms with Crippen molar-refractivity contribution in [2.45, 2.75) is 52.6 Å². The Kier molecular flexibility index (Phi) is 7.43. The Morgan fingerprint density at radius 1 is 0.956 bits per heavy atom. The summed E-state index contributed by atoms with van der Waals surface area (Å²) in [6.07, 6.45) is 2.75. The van der Waals surface area contributed by atoms with Crippen LogP contribution in [0.5, 0.6) is 0 Å². The minimum Gasteiger partial charge on any atom is -0.451 e. The van der Waals surface area contributed by atoms with E-state index < -0.39 is 12.1 Å². The molecule has 0 radical (unpaired) electrons. The molecule has 2 amide bonds. The Hall–Kier alpha value is -4.17. The monoisotopic (exact) mass is 664 g/mol. The topological polar surface area (TPSA) is 93.6 Å². The number of hydrogen-bond acceptors (Lipinski definition) is 6. The lowest BCUT2D eigenvalue weighted by atomic mass is 9.81. The van der Waals surface area contributed by atoms with Gasteiger partial charge in [0.05, 0.1) is 34.3 Å². The molecule has 228 valence electrons. The lowest BCUT2D eigenvalue weighted by Crippen LogP contribution is -2.32. The second-order valence-corrected chi connectivity index (χ2v) is 13.5. The van der Waals surface area contributed by atoms with Gasteiger partial charge in [0.1, 0.15) is 0 Å². The lowest BCUT2D eigenvalue weighted by Gasteiger charge is -2.19. The van der Waals surface area contributed by atoms with Crippen LogP contribution in [0.4, 0.5) is 5.69 Å². The van der Waals surface area contributed by atoms with E-state index in [9.17, 15) is 19.2 Å². The number of aryl methyl sites for hydroxylation is 2. The number of carbonyl (C=O) groups is 4. The van der Waals surface area contributed by atoms with Crippen molar-refractivity contribution in [2.24, 2.45) is 23.7 Å². The standard InChI is InChI=1S/C37H33BrN2O5/c1-4-21-16-26(38)17-28-29(37(44)45-20(3)34(41)23-7-5-19(2)6-8-23)18-30(39-33(21)28)22-11-13-27(14-12-22)40-35(42)31-24-9-10-25(15-24)32(31)36(40)43/h5-8,11-14,16-18,20,24-25,31-32H,4,9-10,15H2,1-3H3. The van der Waals surface area contributed by atoms with Crippen LogP contribution in [-0.2, 0) is 20.7 Å². The van der Waals surface area contributed by atoms with Gasteiger partial charge in [0.25, 0.3) is 0 Å². The highest BCUT2D eigenvalue weighted by atomic mass is 79.9. The normalized spacial score (nSPS) is 22.6. The summed E-state index contributed by atoms with van der Waals surface area (Å²) in [6.45, 7) is 5.55. The zero-order valence-corrected chi connectivity index (χ0v) is 27.0. The van der Waals surface area contributed by atoms with Crippen LogP contribution in [-0.4, -0.2) is 34.7 Å². The highest BCUT2D eigenvalue weighted by Crippen LogP contribution is 2.56. The maximum atomic E-state index is 13.7. The average Bonchev–Trinajstić information content (AvgIpc) is 3.73. The molecule has 5 atom stereocenters. The summed E-state index contributed by atoms with van der Waals surface area (Å²) < 4.78 is 6.56. The number of imide groups is 1. The predicted molar refractivity (Wildman–Crippen MR) is 175 cm³/mol. The zero-order chi connectivity index (χ0) is 31.6. The minimum atomic E-state index is -0.991. The van der Waals surface area contributed by atoms with E-state index >= 15 is 0 Å². The number of rotatable bonds is 7. The summed E-state index contributed by atoms with van der Waals surface area (Å²) in [5, 5.41) is 0.621. The number of esters is 1. The highest BCUT2D eigenvalue weighted by Gasteiger charge is 2.61. The number of carbonyl (C=O) groups excluding carboxylic acids is 4. The molecule has 1 saturated heterocycles. The number of nitrogens with zero attached hydrogens (tertiary/aromatic N) is 2. The van der Waals surface area contributed by atoms with Gasteiger partial charge in [0.2, 0.25) is 17.6 Å². The highest BCUT2D eigenvalue weighted by molar-refractivity contribution is 9.10. The van der Waals surface area contributed by atoms with Gasteiger partial charge >= 0.3 is 5.97 Å². The molecule has 0 spiro atoms. The van der Waals surface area contributed by atoms with E-state index in [1.807, 2.05) is 50.2 Å². The van der Waals surface area contributed by atoms with Crippen LogP contribution in [0.15, 0.2) is 71.2 Å². The second kappa shape index (κ2) is 11.3. The van der Waals surface area contributed by atoms with Gasteiger partial charge < -0.3 is 4.74 Å². The number of fused-ring (bicyclic) bond motifs is 6. The first-order valence-electron chi connectivity index (χ1n) is 15.6. The molecule has 7 nitrogen and oxygen atoms in total. The molecule has 7 rings (SSSR count). The van der Waals surface area contributed by atoms with Crippen molar-refractivity contribution in [3.8, 4) is 11.3 Å². The van der Waals surface area contributed by atoms with Crippen molar-refractivity contribution in [2.75, 3.05) is 4.90 Å². The number of hydrogen-bond donors (Lipinski definition) is 0. The second-order valence-electron chi connectivity index (χ2n) is 12.6. The van der Waals surface area contributed by atoms with Gasteiger partial charge in [-0.1, -0.05) is 64.8 Å². The number of benzene rings is 3. The van der Waals surface area contributed by atoms with Crippen LogP contribution in [0.2, 0.25) is 0 Å². The van der Waals surface area contributed by atoms with Gasteiger partial charge in [-0.2, -0.15) is 0 Å². The predicted octanol–water partition coefficient (Wildman–Crippen LogP) is 7.50. The van der Waals surface area contributed by atoms with Crippen molar-refractivity contribution >= 4 is 56.1 Å². The summed E-state index contributed by atoms with van der Waals surface area (Å²) in [5.74, 6) is -0.777. The summed E-state index contributed by atoms with van der Waals surface area (Å²) in [7, 11) is 0. The van der Waals surface area contributed by atoms with Crippen LogP contribution >= 0.6 is 15.9 Å². The molecule has 4 aromatic rings. The Morgan fingerprint density at radius 2 is 1.60 bits per heavy atom. The third kappa shape index (κ3) is 4.99. The van der Waals surface area contributed by atoms with Gasteiger partial charge in [-0.3, -0.25) is 19.3 Å². The van der Waals surface area contributed by atoms with E-state index in [2.05, 4.69) is 15.9 Å². The molecule has 45 heavy (non-hydrogen) atoms. The Morgan fingerprint density at radius 3 is 2.22 bits per heavy atom. The molecule has 2 saturated carbocycles. The third-order valence-corrected chi connectivity index (χ3v) is 10.4. The van der Waals surface area contributed by atoms with Crippen molar-refractivity contribution in [1.29, 1.82) is 0 Å².